The van der Waals surface area contributed by atoms with Gasteiger partial charge in [0.2, 0.25) is 0 Å². The maximum absolute atomic E-state index is 10.6. The number of hydrogen-bond donors (Lipinski definition) is 2. The molecule has 1 aromatic rings. The van der Waals surface area contributed by atoms with E-state index in [1.165, 1.54) is 4.90 Å². The summed E-state index contributed by atoms with van der Waals surface area (Å²) in [5.74, 6) is -0.975. The Morgan fingerprint density at radius 2 is 2.06 bits per heavy atom. The van der Waals surface area contributed by atoms with Gasteiger partial charge in [0.15, 0.2) is 0 Å². The molecule has 0 saturated heterocycles. The van der Waals surface area contributed by atoms with Gasteiger partial charge in [0.05, 0.1) is 19.3 Å². The molecule has 4 nitrogen and oxygen atoms in total. The minimum atomic E-state index is -0.975. The molecule has 0 aliphatic carbocycles. The minimum absolute atomic E-state index is 0.220. The van der Waals surface area contributed by atoms with Crippen LogP contribution in [0.1, 0.15) is 11.6 Å². The van der Waals surface area contributed by atoms with Crippen molar-refractivity contribution >= 4 is 5.97 Å². The van der Waals surface area contributed by atoms with E-state index >= 15 is 0 Å². The van der Waals surface area contributed by atoms with E-state index in [4.69, 9.17) is 10.2 Å². The first-order valence-corrected chi connectivity index (χ1v) is 4.93. The van der Waals surface area contributed by atoms with Gasteiger partial charge in [-0.25, -0.2) is 0 Å². The molecule has 86 valence electrons. The normalized spacial score (nSPS) is 12.4. The van der Waals surface area contributed by atoms with E-state index in [2.05, 4.69) is 6.58 Å². The molecule has 0 spiro atoms. The van der Waals surface area contributed by atoms with E-state index < -0.39 is 5.97 Å². The molecular formula is C12H15NO3. The third-order valence-corrected chi connectivity index (χ3v) is 2.28. The molecule has 0 fully saturated rings. The highest BCUT2D eigenvalue weighted by molar-refractivity contribution is 5.69. The predicted octanol–water partition coefficient (Wildman–Crippen LogP) is 1.25. The number of carbonyl (C=O) groups is 1. The largest absolute Gasteiger partial charge is 0.480 e. The Morgan fingerprint density at radius 1 is 1.44 bits per heavy atom. The third kappa shape index (κ3) is 3.18. The van der Waals surface area contributed by atoms with E-state index in [0.717, 1.165) is 5.56 Å². The van der Waals surface area contributed by atoms with Crippen LogP contribution in [0.2, 0.25) is 0 Å². The molecule has 0 aromatic heterocycles. The van der Waals surface area contributed by atoms with E-state index in [1.54, 1.807) is 6.08 Å². The number of hydrogen-bond acceptors (Lipinski definition) is 3. The van der Waals surface area contributed by atoms with E-state index in [9.17, 15) is 4.79 Å². The van der Waals surface area contributed by atoms with E-state index in [0.29, 0.717) is 0 Å². The van der Waals surface area contributed by atoms with Crippen molar-refractivity contribution in [2.24, 2.45) is 0 Å². The summed E-state index contributed by atoms with van der Waals surface area (Å²) in [4.78, 5) is 12.1. The summed E-state index contributed by atoms with van der Waals surface area (Å²) < 4.78 is 0. The first-order valence-electron chi connectivity index (χ1n) is 4.93. The minimum Gasteiger partial charge on any atom is -0.480 e. The lowest BCUT2D eigenvalue weighted by Crippen LogP contribution is -2.33. The van der Waals surface area contributed by atoms with Crippen molar-refractivity contribution in [3.05, 3.63) is 48.6 Å². The summed E-state index contributed by atoms with van der Waals surface area (Å²) in [5.41, 5.74) is 0.910. The fraction of sp³-hybridized carbons (Fsp3) is 0.250. The topological polar surface area (TPSA) is 60.8 Å². The molecule has 0 radical (unpaired) electrons. The maximum atomic E-state index is 10.6. The Labute approximate surface area is 94.4 Å². The number of nitrogens with zero attached hydrogens (tertiary/aromatic N) is 1. The Kier molecular flexibility index (Phi) is 4.69. The van der Waals surface area contributed by atoms with Crippen molar-refractivity contribution in [2.75, 3.05) is 13.3 Å². The lowest BCUT2D eigenvalue weighted by molar-refractivity contribution is -0.139. The number of aliphatic hydroxyl groups is 1. The van der Waals surface area contributed by atoms with Gasteiger partial charge in [0, 0.05) is 0 Å². The van der Waals surface area contributed by atoms with Crippen molar-refractivity contribution in [2.45, 2.75) is 6.04 Å². The predicted molar refractivity (Wildman–Crippen MR) is 60.8 cm³/mol. The smallest absolute Gasteiger partial charge is 0.317 e. The Morgan fingerprint density at radius 3 is 2.50 bits per heavy atom. The van der Waals surface area contributed by atoms with Gasteiger partial charge in [0.25, 0.3) is 0 Å². The van der Waals surface area contributed by atoms with Crippen molar-refractivity contribution in [3.63, 3.8) is 0 Å². The average molecular weight is 221 g/mol. The quantitative estimate of drug-likeness (QED) is 0.560. The average Bonchev–Trinajstić information content (AvgIpc) is 2.29. The van der Waals surface area contributed by atoms with Crippen LogP contribution in [0.5, 0.6) is 0 Å². The van der Waals surface area contributed by atoms with Crippen LogP contribution in [0.15, 0.2) is 43.0 Å². The summed E-state index contributed by atoms with van der Waals surface area (Å²) in [7, 11) is 0. The summed E-state index contributed by atoms with van der Waals surface area (Å²) in [5, 5.41) is 17.9. The molecular weight excluding hydrogens is 206 g/mol. The second-order valence-electron chi connectivity index (χ2n) is 3.37. The summed E-state index contributed by atoms with van der Waals surface area (Å²) in [6.07, 6.45) is 1.62. The van der Waals surface area contributed by atoms with Gasteiger partial charge >= 0.3 is 5.97 Å². The number of aliphatic carboxylic acids is 1. The van der Waals surface area contributed by atoms with Crippen LogP contribution < -0.4 is 0 Å². The van der Waals surface area contributed by atoms with Crippen LogP contribution >= 0.6 is 0 Å². The molecule has 0 saturated carbocycles. The van der Waals surface area contributed by atoms with Crippen molar-refractivity contribution in [1.82, 2.24) is 4.90 Å². The molecule has 0 bridgehead atoms. The monoisotopic (exact) mass is 221 g/mol. The molecule has 1 atom stereocenters. The van der Waals surface area contributed by atoms with Crippen LogP contribution in [0.25, 0.3) is 0 Å². The first kappa shape index (κ1) is 12.4. The molecule has 1 aromatic carbocycles. The van der Waals surface area contributed by atoms with Gasteiger partial charge < -0.3 is 10.2 Å². The summed E-state index contributed by atoms with van der Waals surface area (Å²) in [6.45, 7) is 3.13. The second kappa shape index (κ2) is 6.05. The maximum Gasteiger partial charge on any atom is 0.317 e. The van der Waals surface area contributed by atoms with E-state index in [-0.39, 0.29) is 19.3 Å². The van der Waals surface area contributed by atoms with Gasteiger partial charge in [-0.2, -0.15) is 0 Å². The molecule has 4 heteroatoms. The highest BCUT2D eigenvalue weighted by Gasteiger charge is 2.18. The standard InChI is InChI=1S/C12H15NO3/c1-2-11(10-6-4-3-5-7-10)13(9-14)8-12(15)16/h2-7,11,14H,1,8-9H2,(H,15,16). The molecule has 0 heterocycles. The summed E-state index contributed by atoms with van der Waals surface area (Å²) in [6, 6.07) is 9.06. The number of benzene rings is 1. The van der Waals surface area contributed by atoms with Gasteiger partial charge in [-0.15, -0.1) is 6.58 Å². The first-order chi connectivity index (χ1) is 7.69. The molecule has 0 aliphatic heterocycles. The molecule has 16 heavy (non-hydrogen) atoms. The van der Waals surface area contributed by atoms with Crippen LogP contribution in [0, 0.1) is 0 Å². The number of rotatable bonds is 6. The van der Waals surface area contributed by atoms with Crippen LogP contribution in [-0.2, 0) is 4.79 Å². The molecule has 1 unspecified atom stereocenters. The zero-order valence-electron chi connectivity index (χ0n) is 8.91. The van der Waals surface area contributed by atoms with Gasteiger partial charge in [-0.1, -0.05) is 36.4 Å². The zero-order chi connectivity index (χ0) is 12.0. The molecule has 0 amide bonds. The lowest BCUT2D eigenvalue weighted by Gasteiger charge is -2.26. The summed E-state index contributed by atoms with van der Waals surface area (Å²) >= 11 is 0. The Hall–Kier alpha value is -1.65. The van der Waals surface area contributed by atoms with Crippen molar-refractivity contribution < 1.29 is 15.0 Å². The Balaban J connectivity index is 2.87. The SMILES string of the molecule is C=CC(c1ccccc1)N(CO)CC(=O)O. The van der Waals surface area contributed by atoms with Gasteiger partial charge in [0.1, 0.15) is 0 Å². The van der Waals surface area contributed by atoms with Gasteiger partial charge in [-0.05, 0) is 5.56 Å². The molecule has 0 aliphatic rings. The third-order valence-electron chi connectivity index (χ3n) is 2.28. The lowest BCUT2D eigenvalue weighted by atomic mass is 10.1. The van der Waals surface area contributed by atoms with Crippen molar-refractivity contribution in [1.29, 1.82) is 0 Å². The molecule has 1 rings (SSSR count). The number of carboxylic acid groups (broad SMARTS) is 1. The zero-order valence-corrected chi connectivity index (χ0v) is 8.91. The van der Waals surface area contributed by atoms with Gasteiger partial charge in [-0.3, -0.25) is 9.69 Å². The van der Waals surface area contributed by atoms with E-state index in [1.807, 2.05) is 30.3 Å². The number of carboxylic acids is 1. The highest BCUT2D eigenvalue weighted by Crippen LogP contribution is 2.20. The molecule has 2 N–H and O–H groups in total. The fourth-order valence-corrected chi connectivity index (χ4v) is 1.56. The van der Waals surface area contributed by atoms with Crippen molar-refractivity contribution in [3.8, 4) is 0 Å². The van der Waals surface area contributed by atoms with Crippen LogP contribution in [-0.4, -0.2) is 34.4 Å². The second-order valence-corrected chi connectivity index (χ2v) is 3.37. The Bertz CT molecular complexity index is 351. The highest BCUT2D eigenvalue weighted by atomic mass is 16.4. The fourth-order valence-electron chi connectivity index (χ4n) is 1.56. The van der Waals surface area contributed by atoms with Crippen LogP contribution in [0.4, 0.5) is 0 Å². The van der Waals surface area contributed by atoms with Crippen LogP contribution in [0.3, 0.4) is 0 Å². The number of aliphatic hydroxyl groups excluding tert-OH is 1.